The van der Waals surface area contributed by atoms with E-state index in [9.17, 15) is 4.79 Å². The Morgan fingerprint density at radius 1 is 0.848 bits per heavy atom. The predicted octanol–water partition coefficient (Wildman–Crippen LogP) is 5.79. The maximum absolute atomic E-state index is 12.9. The van der Waals surface area contributed by atoms with Crippen molar-refractivity contribution in [3.8, 4) is 0 Å². The lowest BCUT2D eigenvalue weighted by molar-refractivity contribution is 0.0761. The van der Waals surface area contributed by atoms with Crippen molar-refractivity contribution in [3.63, 3.8) is 0 Å². The Kier molecular flexibility index (Phi) is 6.72. The third kappa shape index (κ3) is 5.11. The van der Waals surface area contributed by atoms with Gasteiger partial charge in [-0.3, -0.25) is 9.36 Å². The van der Waals surface area contributed by atoms with Crippen LogP contribution in [0.4, 0.5) is 0 Å². The molecule has 6 heteroatoms. The second-order valence-corrected chi connectivity index (χ2v) is 9.45. The van der Waals surface area contributed by atoms with Crippen LogP contribution in [0.5, 0.6) is 0 Å². The topological polar surface area (TPSA) is 51.0 Å². The molecule has 0 spiro atoms. The number of hydrogen-bond acceptors (Lipinski definition) is 4. The van der Waals surface area contributed by atoms with Gasteiger partial charge >= 0.3 is 0 Å². The molecule has 0 unspecified atom stereocenters. The van der Waals surface area contributed by atoms with Gasteiger partial charge in [0.1, 0.15) is 5.52 Å². The fourth-order valence-electron chi connectivity index (χ4n) is 4.30. The van der Waals surface area contributed by atoms with E-state index in [1.165, 1.54) is 18.4 Å². The smallest absolute Gasteiger partial charge is 0.253 e. The van der Waals surface area contributed by atoms with Crippen LogP contribution in [0.3, 0.4) is 0 Å². The number of amides is 1. The van der Waals surface area contributed by atoms with Gasteiger partial charge in [-0.2, -0.15) is 0 Å². The Bertz CT molecular complexity index is 1210. The molecular weight excluding hydrogens is 428 g/mol. The van der Waals surface area contributed by atoms with Crippen LogP contribution in [0.1, 0.15) is 47.2 Å². The molecule has 2 aromatic heterocycles. The van der Waals surface area contributed by atoms with E-state index in [0.29, 0.717) is 6.54 Å². The van der Waals surface area contributed by atoms with Gasteiger partial charge < -0.3 is 4.90 Å². The first-order valence-electron chi connectivity index (χ1n) is 11.6. The molecule has 5 rings (SSSR count). The third-order valence-electron chi connectivity index (χ3n) is 6.11. The van der Waals surface area contributed by atoms with E-state index in [-0.39, 0.29) is 5.91 Å². The summed E-state index contributed by atoms with van der Waals surface area (Å²) in [6, 6.07) is 22.4. The molecule has 168 valence electrons. The highest BCUT2D eigenvalue weighted by atomic mass is 32.2. The van der Waals surface area contributed by atoms with Gasteiger partial charge in [0, 0.05) is 30.6 Å². The highest BCUT2D eigenvalue weighted by Crippen LogP contribution is 2.27. The molecule has 0 bridgehead atoms. The lowest BCUT2D eigenvalue weighted by Gasteiger charge is -2.20. The number of fused-ring (bicyclic) bond motifs is 1. The molecule has 1 aliphatic rings. The van der Waals surface area contributed by atoms with Gasteiger partial charge in [-0.1, -0.05) is 67.1 Å². The van der Waals surface area contributed by atoms with Crippen molar-refractivity contribution in [1.82, 2.24) is 19.4 Å². The molecule has 0 saturated carbocycles. The average molecular weight is 457 g/mol. The van der Waals surface area contributed by atoms with Gasteiger partial charge in [0.15, 0.2) is 10.8 Å². The van der Waals surface area contributed by atoms with E-state index in [1.54, 1.807) is 11.8 Å². The van der Waals surface area contributed by atoms with Crippen LogP contribution in [-0.4, -0.2) is 38.4 Å². The maximum atomic E-state index is 12.9. The standard InChI is InChI=1S/C27H28N4OS/c32-26(30-17-6-1-2-7-18-30)23-14-12-21(13-15-23)19-31-25-24(11-8-16-28-25)29-27(31)33-20-22-9-4-3-5-10-22/h3-5,8-16H,1-2,6-7,17-20H2. The van der Waals surface area contributed by atoms with Crippen molar-refractivity contribution >= 4 is 28.8 Å². The van der Waals surface area contributed by atoms with E-state index < -0.39 is 0 Å². The number of imidazole rings is 1. The van der Waals surface area contributed by atoms with Gasteiger partial charge in [-0.25, -0.2) is 9.97 Å². The summed E-state index contributed by atoms with van der Waals surface area (Å²) in [6.45, 7) is 2.41. The fraction of sp³-hybridized carbons (Fsp3) is 0.296. The van der Waals surface area contributed by atoms with Crippen molar-refractivity contribution < 1.29 is 4.79 Å². The Balaban J connectivity index is 1.35. The second kappa shape index (κ2) is 10.2. The molecule has 1 fully saturated rings. The molecule has 3 heterocycles. The monoisotopic (exact) mass is 456 g/mol. The van der Waals surface area contributed by atoms with E-state index in [4.69, 9.17) is 4.98 Å². The number of benzene rings is 2. The summed E-state index contributed by atoms with van der Waals surface area (Å²) in [5.74, 6) is 1.00. The van der Waals surface area contributed by atoms with E-state index >= 15 is 0 Å². The second-order valence-electron chi connectivity index (χ2n) is 8.50. The number of aromatic nitrogens is 3. The first-order valence-corrected chi connectivity index (χ1v) is 12.6. The quantitative estimate of drug-likeness (QED) is 0.345. The van der Waals surface area contributed by atoms with Crippen LogP contribution in [-0.2, 0) is 12.3 Å². The van der Waals surface area contributed by atoms with E-state index in [2.05, 4.69) is 45.9 Å². The van der Waals surface area contributed by atoms with Gasteiger partial charge in [-0.15, -0.1) is 0 Å². The number of nitrogens with zero attached hydrogens (tertiary/aromatic N) is 4. The van der Waals surface area contributed by atoms with Crippen LogP contribution < -0.4 is 0 Å². The zero-order chi connectivity index (χ0) is 22.5. The molecule has 2 aromatic carbocycles. The number of carbonyl (C=O) groups is 1. The third-order valence-corrected chi connectivity index (χ3v) is 7.16. The van der Waals surface area contributed by atoms with Crippen LogP contribution in [0.15, 0.2) is 78.1 Å². The summed E-state index contributed by atoms with van der Waals surface area (Å²) in [6.07, 6.45) is 6.47. The number of rotatable bonds is 6. The summed E-state index contributed by atoms with van der Waals surface area (Å²) >= 11 is 1.72. The molecule has 0 aliphatic carbocycles. The zero-order valence-corrected chi connectivity index (χ0v) is 19.5. The summed E-state index contributed by atoms with van der Waals surface area (Å²) in [4.78, 5) is 24.4. The molecule has 0 atom stereocenters. The SMILES string of the molecule is O=C(c1ccc(Cn2c(SCc3ccccc3)nc3cccnc32)cc1)N1CCCCCC1. The lowest BCUT2D eigenvalue weighted by atomic mass is 10.1. The first-order chi connectivity index (χ1) is 16.3. The Morgan fingerprint density at radius 2 is 1.61 bits per heavy atom. The van der Waals surface area contributed by atoms with Crippen molar-refractivity contribution in [2.75, 3.05) is 13.1 Å². The molecule has 1 saturated heterocycles. The highest BCUT2D eigenvalue weighted by molar-refractivity contribution is 7.98. The van der Waals surface area contributed by atoms with Crippen molar-refractivity contribution in [1.29, 1.82) is 0 Å². The van der Waals surface area contributed by atoms with Crippen molar-refractivity contribution in [3.05, 3.63) is 89.6 Å². The summed E-state index contributed by atoms with van der Waals surface area (Å²) < 4.78 is 2.18. The number of pyridine rings is 1. The molecule has 5 nitrogen and oxygen atoms in total. The molecule has 1 amide bonds. The zero-order valence-electron chi connectivity index (χ0n) is 18.7. The Morgan fingerprint density at radius 3 is 2.36 bits per heavy atom. The Hall–Kier alpha value is -3.12. The van der Waals surface area contributed by atoms with Crippen LogP contribution in [0, 0.1) is 0 Å². The lowest BCUT2D eigenvalue weighted by Crippen LogP contribution is -2.31. The van der Waals surface area contributed by atoms with Gasteiger partial charge in [0.05, 0.1) is 6.54 Å². The predicted molar refractivity (Wildman–Crippen MR) is 133 cm³/mol. The molecule has 4 aromatic rings. The first kappa shape index (κ1) is 21.7. The van der Waals surface area contributed by atoms with Gasteiger partial charge in [-0.05, 0) is 48.2 Å². The van der Waals surface area contributed by atoms with Crippen LogP contribution in [0.2, 0.25) is 0 Å². The number of hydrogen-bond donors (Lipinski definition) is 0. The normalized spacial score (nSPS) is 14.4. The number of likely N-dealkylation sites (tertiary alicyclic amines) is 1. The summed E-state index contributed by atoms with van der Waals surface area (Å²) in [7, 11) is 0. The minimum Gasteiger partial charge on any atom is -0.339 e. The van der Waals surface area contributed by atoms with E-state index in [1.807, 2.05) is 41.4 Å². The minimum atomic E-state index is 0.150. The highest BCUT2D eigenvalue weighted by Gasteiger charge is 2.18. The minimum absolute atomic E-state index is 0.150. The molecule has 1 aliphatic heterocycles. The summed E-state index contributed by atoms with van der Waals surface area (Å²) in [5, 5.41) is 0.956. The number of thioether (sulfide) groups is 1. The van der Waals surface area contributed by atoms with E-state index in [0.717, 1.165) is 59.1 Å². The van der Waals surface area contributed by atoms with Gasteiger partial charge in [0.25, 0.3) is 5.91 Å². The van der Waals surface area contributed by atoms with Crippen molar-refractivity contribution in [2.24, 2.45) is 0 Å². The molecule has 33 heavy (non-hydrogen) atoms. The molecule has 0 radical (unpaired) electrons. The largest absolute Gasteiger partial charge is 0.339 e. The maximum Gasteiger partial charge on any atom is 0.253 e. The molecular formula is C27H28N4OS. The van der Waals surface area contributed by atoms with Gasteiger partial charge in [0.2, 0.25) is 0 Å². The fourth-order valence-corrected chi connectivity index (χ4v) is 5.26. The number of carbonyl (C=O) groups excluding carboxylic acids is 1. The molecule has 0 N–H and O–H groups in total. The van der Waals surface area contributed by atoms with Crippen LogP contribution >= 0.6 is 11.8 Å². The summed E-state index contributed by atoms with van der Waals surface area (Å²) in [5.41, 5.74) is 4.96. The average Bonchev–Trinajstić information content (AvgIpc) is 3.01. The van der Waals surface area contributed by atoms with Crippen molar-refractivity contribution in [2.45, 2.75) is 43.1 Å². The Labute approximate surface area is 198 Å². The van der Waals surface area contributed by atoms with Crippen LogP contribution in [0.25, 0.3) is 11.2 Å².